The van der Waals surface area contributed by atoms with Crippen LogP contribution in [0.2, 0.25) is 0 Å². The van der Waals surface area contributed by atoms with Crippen molar-refractivity contribution in [3.63, 3.8) is 0 Å². The fourth-order valence-electron chi connectivity index (χ4n) is 5.86. The van der Waals surface area contributed by atoms with Crippen molar-refractivity contribution in [1.29, 1.82) is 0 Å². The number of carbonyl (C=O) groups is 1. The van der Waals surface area contributed by atoms with Gasteiger partial charge < -0.3 is 15.2 Å². The molecule has 2 saturated carbocycles. The van der Waals surface area contributed by atoms with Gasteiger partial charge in [-0.1, -0.05) is 20.8 Å². The number of fused-ring (bicyclic) bond motifs is 2. The van der Waals surface area contributed by atoms with E-state index in [1.807, 2.05) is 6.92 Å². The molecule has 3 aliphatic rings. The van der Waals surface area contributed by atoms with Crippen LogP contribution in [0.5, 0.6) is 0 Å². The van der Waals surface area contributed by atoms with E-state index in [9.17, 15) is 4.79 Å². The lowest BCUT2D eigenvalue weighted by Gasteiger charge is -2.57. The quantitative estimate of drug-likeness (QED) is 0.799. The molecule has 4 atom stereocenters. The maximum atomic E-state index is 12.6. The molecule has 3 fully saturated rings. The van der Waals surface area contributed by atoms with Crippen molar-refractivity contribution in [2.24, 2.45) is 22.5 Å². The Labute approximate surface area is 139 Å². The van der Waals surface area contributed by atoms with Crippen LogP contribution >= 0.6 is 0 Å². The Bertz CT molecular complexity index is 475. The Morgan fingerprint density at radius 1 is 1.35 bits per heavy atom. The molecule has 5 nitrogen and oxygen atoms in total. The molecular weight excluding hydrogens is 292 g/mol. The van der Waals surface area contributed by atoms with E-state index in [4.69, 9.17) is 15.2 Å². The number of carbonyl (C=O) groups excluding carboxylic acids is 1. The van der Waals surface area contributed by atoms with Crippen molar-refractivity contribution >= 4 is 5.97 Å². The second kappa shape index (κ2) is 5.71. The molecule has 2 aliphatic carbocycles. The minimum atomic E-state index is -0.588. The van der Waals surface area contributed by atoms with E-state index < -0.39 is 6.04 Å². The number of hydrogen-bond donors (Lipinski definition) is 1. The zero-order valence-corrected chi connectivity index (χ0v) is 15.1. The van der Waals surface area contributed by atoms with Gasteiger partial charge in [-0.05, 0) is 42.9 Å². The van der Waals surface area contributed by atoms with Gasteiger partial charge in [0.25, 0.3) is 0 Å². The SMILES string of the molecule is CCOC(=O)[C@H](N)[C@@]1(N2CCOCC2)C[C@@H]2CC[C@@]1(C)C2(C)C. The van der Waals surface area contributed by atoms with Gasteiger partial charge in [-0.25, -0.2) is 0 Å². The summed E-state index contributed by atoms with van der Waals surface area (Å²) < 4.78 is 10.9. The summed E-state index contributed by atoms with van der Waals surface area (Å²) in [6, 6.07) is -0.588. The van der Waals surface area contributed by atoms with Crippen LogP contribution in [0.3, 0.4) is 0 Å². The zero-order valence-electron chi connectivity index (χ0n) is 15.1. The molecule has 0 aromatic rings. The van der Waals surface area contributed by atoms with E-state index in [0.29, 0.717) is 12.5 Å². The summed E-state index contributed by atoms with van der Waals surface area (Å²) >= 11 is 0. The maximum Gasteiger partial charge on any atom is 0.324 e. The molecule has 1 saturated heterocycles. The lowest BCUT2D eigenvalue weighted by molar-refractivity contribution is -0.159. The molecular formula is C18H32N2O3. The smallest absolute Gasteiger partial charge is 0.324 e. The molecule has 0 radical (unpaired) electrons. The molecule has 1 aliphatic heterocycles. The van der Waals surface area contributed by atoms with Gasteiger partial charge in [0.05, 0.1) is 25.4 Å². The van der Waals surface area contributed by atoms with Crippen LogP contribution in [0.1, 0.15) is 47.0 Å². The highest BCUT2D eigenvalue weighted by molar-refractivity contribution is 5.78. The Balaban J connectivity index is 2.03. The molecule has 2 bridgehead atoms. The fraction of sp³-hybridized carbons (Fsp3) is 0.944. The van der Waals surface area contributed by atoms with Gasteiger partial charge in [0.15, 0.2) is 0 Å². The minimum absolute atomic E-state index is 0.0220. The highest BCUT2D eigenvalue weighted by atomic mass is 16.5. The molecule has 0 spiro atoms. The predicted octanol–water partition coefficient (Wildman–Crippen LogP) is 1.79. The standard InChI is InChI=1S/C18H32N2O3/c1-5-23-15(21)14(19)18(20-8-10-22-11-9-20)12-13-6-7-17(18,4)16(13,2)3/h13-14H,5-12,19H2,1-4H3/t13-,14-,17-,18-/m0/s1. The zero-order chi connectivity index (χ0) is 16.9. The van der Waals surface area contributed by atoms with Crippen LogP contribution in [0.25, 0.3) is 0 Å². The van der Waals surface area contributed by atoms with E-state index >= 15 is 0 Å². The summed E-state index contributed by atoms with van der Waals surface area (Å²) in [6.07, 6.45) is 3.37. The largest absolute Gasteiger partial charge is 0.465 e. The highest BCUT2D eigenvalue weighted by Crippen LogP contribution is 2.71. The van der Waals surface area contributed by atoms with E-state index in [1.165, 1.54) is 6.42 Å². The first-order valence-corrected chi connectivity index (χ1v) is 9.06. The van der Waals surface area contributed by atoms with Crippen LogP contribution in [-0.2, 0) is 14.3 Å². The lowest BCUT2D eigenvalue weighted by atomic mass is 9.59. The van der Waals surface area contributed by atoms with Crippen LogP contribution < -0.4 is 5.73 Å². The van der Waals surface area contributed by atoms with Gasteiger partial charge in [-0.2, -0.15) is 0 Å². The third-order valence-corrected chi connectivity index (χ3v) is 7.58. The summed E-state index contributed by atoms with van der Waals surface area (Å²) in [5.74, 6) is 0.374. The Morgan fingerprint density at radius 3 is 2.48 bits per heavy atom. The van der Waals surface area contributed by atoms with Crippen LogP contribution in [0.4, 0.5) is 0 Å². The van der Waals surface area contributed by atoms with Crippen molar-refractivity contribution in [2.75, 3.05) is 32.9 Å². The highest BCUT2D eigenvalue weighted by Gasteiger charge is 2.73. The molecule has 0 aromatic heterocycles. The summed E-state index contributed by atoms with van der Waals surface area (Å²) in [4.78, 5) is 15.1. The maximum absolute atomic E-state index is 12.6. The number of morpholine rings is 1. The van der Waals surface area contributed by atoms with Crippen LogP contribution in [-0.4, -0.2) is 55.4 Å². The van der Waals surface area contributed by atoms with Crippen molar-refractivity contribution in [3.8, 4) is 0 Å². The summed E-state index contributed by atoms with van der Waals surface area (Å²) in [5.41, 5.74) is 6.51. The first kappa shape index (κ1) is 17.2. The number of nitrogens with zero attached hydrogens (tertiary/aromatic N) is 1. The van der Waals surface area contributed by atoms with E-state index in [2.05, 4.69) is 25.7 Å². The van der Waals surface area contributed by atoms with Crippen molar-refractivity contribution in [3.05, 3.63) is 0 Å². The van der Waals surface area contributed by atoms with Crippen molar-refractivity contribution < 1.29 is 14.3 Å². The molecule has 2 N–H and O–H groups in total. The molecule has 0 amide bonds. The minimum Gasteiger partial charge on any atom is -0.465 e. The van der Waals surface area contributed by atoms with Gasteiger partial charge in [0.2, 0.25) is 0 Å². The molecule has 0 aromatic carbocycles. The first-order chi connectivity index (χ1) is 10.8. The number of ether oxygens (including phenoxy) is 2. The van der Waals surface area contributed by atoms with E-state index in [-0.39, 0.29) is 22.3 Å². The molecule has 5 heteroatoms. The first-order valence-electron chi connectivity index (χ1n) is 9.06. The predicted molar refractivity (Wildman–Crippen MR) is 89.0 cm³/mol. The summed E-state index contributed by atoms with van der Waals surface area (Å²) in [5, 5.41) is 0. The molecule has 1 heterocycles. The van der Waals surface area contributed by atoms with Crippen LogP contribution in [0, 0.1) is 16.7 Å². The molecule has 3 rings (SSSR count). The van der Waals surface area contributed by atoms with E-state index in [0.717, 1.165) is 39.1 Å². The molecule has 132 valence electrons. The Hall–Kier alpha value is -0.650. The monoisotopic (exact) mass is 324 g/mol. The fourth-order valence-corrected chi connectivity index (χ4v) is 5.86. The van der Waals surface area contributed by atoms with Gasteiger partial charge in [-0.3, -0.25) is 9.69 Å². The summed E-state index contributed by atoms with van der Waals surface area (Å²) in [6.45, 7) is 12.5. The van der Waals surface area contributed by atoms with Gasteiger partial charge >= 0.3 is 5.97 Å². The normalized spacial score (nSPS) is 41.0. The Morgan fingerprint density at radius 2 is 2.00 bits per heavy atom. The average Bonchev–Trinajstić information content (AvgIpc) is 2.87. The van der Waals surface area contributed by atoms with Gasteiger partial charge in [-0.15, -0.1) is 0 Å². The lowest BCUT2D eigenvalue weighted by Crippen LogP contribution is -2.71. The van der Waals surface area contributed by atoms with Crippen molar-refractivity contribution in [1.82, 2.24) is 4.90 Å². The molecule has 0 unspecified atom stereocenters. The number of hydrogen-bond acceptors (Lipinski definition) is 5. The van der Waals surface area contributed by atoms with Crippen LogP contribution in [0.15, 0.2) is 0 Å². The topological polar surface area (TPSA) is 64.8 Å². The average molecular weight is 324 g/mol. The van der Waals surface area contributed by atoms with Crippen molar-refractivity contribution in [2.45, 2.75) is 58.5 Å². The third kappa shape index (κ3) is 2.12. The molecule has 23 heavy (non-hydrogen) atoms. The number of nitrogens with two attached hydrogens (primary N) is 1. The van der Waals surface area contributed by atoms with E-state index in [1.54, 1.807) is 0 Å². The van der Waals surface area contributed by atoms with Gasteiger partial charge in [0, 0.05) is 13.1 Å². The number of rotatable bonds is 4. The summed E-state index contributed by atoms with van der Waals surface area (Å²) in [7, 11) is 0. The van der Waals surface area contributed by atoms with Gasteiger partial charge in [0.1, 0.15) is 6.04 Å². The Kier molecular flexibility index (Phi) is 4.27. The third-order valence-electron chi connectivity index (χ3n) is 7.58. The second-order valence-electron chi connectivity index (χ2n) is 8.25. The second-order valence-corrected chi connectivity index (χ2v) is 8.25. The number of esters is 1.